The maximum Gasteiger partial charge on any atom is 0.0544 e. The van der Waals surface area contributed by atoms with Crippen molar-refractivity contribution in [2.45, 2.75) is 169 Å². The number of rotatable bonds is 6. The third-order valence-electron chi connectivity index (χ3n) is 14.4. The maximum atomic E-state index is 2.99. The van der Waals surface area contributed by atoms with E-state index in [1.54, 1.807) is 64.2 Å². The fourth-order valence-electron chi connectivity index (χ4n) is 12.4. The van der Waals surface area contributed by atoms with Crippen molar-refractivity contribution in [3.8, 4) is 0 Å². The highest BCUT2D eigenvalue weighted by Crippen LogP contribution is 2.70. The predicted molar refractivity (Wildman–Crippen MR) is 170 cm³/mol. The van der Waals surface area contributed by atoms with Gasteiger partial charge in [-0.1, -0.05) is 107 Å². The van der Waals surface area contributed by atoms with E-state index in [1.165, 1.54) is 32.1 Å². The smallest absolute Gasteiger partial charge is 0.0544 e. The van der Waals surface area contributed by atoms with Crippen molar-refractivity contribution >= 4 is 8.07 Å². The van der Waals surface area contributed by atoms with Crippen molar-refractivity contribution < 1.29 is 0 Å². The molecule has 0 aromatic heterocycles. The zero-order chi connectivity index (χ0) is 27.5. The fourth-order valence-corrected chi connectivity index (χ4v) is 18.3. The third-order valence-corrected chi connectivity index (χ3v) is 19.5. The quantitative estimate of drug-likeness (QED) is 0.232. The first-order valence-corrected chi connectivity index (χ1v) is 21.0. The van der Waals surface area contributed by atoms with Crippen LogP contribution in [0.3, 0.4) is 0 Å². The summed E-state index contributed by atoms with van der Waals surface area (Å²) >= 11 is 0. The average Bonchev–Trinajstić information content (AvgIpc) is 3.39. The summed E-state index contributed by atoms with van der Waals surface area (Å²) in [6, 6.07) is 0. The van der Waals surface area contributed by atoms with E-state index in [4.69, 9.17) is 0 Å². The molecule has 5 aliphatic rings. The molecular weight excluding hydrogens is 472 g/mol. The van der Waals surface area contributed by atoms with E-state index in [0.717, 1.165) is 64.3 Å². The molecule has 220 valence electrons. The van der Waals surface area contributed by atoms with E-state index in [1.807, 2.05) is 0 Å². The first-order valence-electron chi connectivity index (χ1n) is 17.8. The van der Waals surface area contributed by atoms with Crippen molar-refractivity contribution in [2.24, 2.45) is 64.1 Å². The second-order valence-corrected chi connectivity index (χ2v) is 23.5. The van der Waals surface area contributed by atoms with Gasteiger partial charge in [0, 0.05) is 0 Å². The summed E-state index contributed by atoms with van der Waals surface area (Å²) in [6.45, 7) is 23.8. The Labute approximate surface area is 240 Å². The molecule has 0 bridgehead atoms. The molecule has 0 aliphatic heterocycles. The van der Waals surface area contributed by atoms with Crippen LogP contribution in [0.5, 0.6) is 0 Å². The van der Waals surface area contributed by atoms with Gasteiger partial charge in [-0.3, -0.25) is 0 Å². The first-order chi connectivity index (χ1) is 17.8. The lowest BCUT2D eigenvalue weighted by Gasteiger charge is -2.49. The molecule has 0 spiro atoms. The van der Waals surface area contributed by atoms with Gasteiger partial charge < -0.3 is 0 Å². The molecule has 0 radical (unpaired) electrons. The molecule has 10 atom stereocenters. The summed E-state index contributed by atoms with van der Waals surface area (Å²) < 4.78 is 0. The zero-order valence-electron chi connectivity index (χ0n) is 27.5. The second kappa shape index (κ2) is 11.1. The van der Waals surface area contributed by atoms with Crippen molar-refractivity contribution in [1.82, 2.24) is 0 Å². The van der Waals surface area contributed by atoms with Crippen LogP contribution in [-0.4, -0.2) is 8.07 Å². The molecule has 5 aliphatic carbocycles. The summed E-state index contributed by atoms with van der Waals surface area (Å²) in [5, 5.41) is 0. The first kappa shape index (κ1) is 29.7. The SMILES string of the molecule is CCCCCC1CC([Si](C)(C)C2C3CC(C(C)(C)C)CCC3C3CCC(C(C)(C)C)CC32)C2CCCCC12. The standard InChI is InChI=1S/C37H68Si/c1-10-11-12-15-25-22-34(31-17-14-13-16-28(25)31)38(8,9)35-32-23-26(36(2,3)4)18-20-29(32)30-21-19-27(24-33(30)35)37(5,6)7/h25-35H,10-24H2,1-9H3. The molecule has 0 amide bonds. The molecule has 5 saturated carbocycles. The van der Waals surface area contributed by atoms with Crippen LogP contribution in [0.25, 0.3) is 0 Å². The molecular formula is C37H68Si. The summed E-state index contributed by atoms with van der Waals surface area (Å²) in [4.78, 5) is 0. The van der Waals surface area contributed by atoms with Crippen LogP contribution in [-0.2, 0) is 0 Å². The molecule has 38 heavy (non-hydrogen) atoms. The number of fused-ring (bicyclic) bond motifs is 4. The van der Waals surface area contributed by atoms with E-state index in [-0.39, 0.29) is 0 Å². The summed E-state index contributed by atoms with van der Waals surface area (Å²) in [6.07, 6.45) is 23.2. The lowest BCUT2D eigenvalue weighted by atomic mass is 9.62. The van der Waals surface area contributed by atoms with E-state index in [2.05, 4.69) is 61.6 Å². The van der Waals surface area contributed by atoms with Gasteiger partial charge in [-0.05, 0) is 127 Å². The highest BCUT2D eigenvalue weighted by atomic mass is 28.3. The van der Waals surface area contributed by atoms with E-state index < -0.39 is 8.07 Å². The Morgan fingerprint density at radius 3 is 1.61 bits per heavy atom. The lowest BCUT2D eigenvalue weighted by Crippen LogP contribution is -2.47. The number of unbranched alkanes of at least 4 members (excludes halogenated alkanes) is 2. The summed E-state index contributed by atoms with van der Waals surface area (Å²) in [5.74, 6) is 9.53. The van der Waals surface area contributed by atoms with E-state index in [9.17, 15) is 0 Å². The molecule has 0 nitrogen and oxygen atoms in total. The maximum absolute atomic E-state index is 2.99. The minimum Gasteiger partial charge on any atom is -0.0689 e. The predicted octanol–water partition coefficient (Wildman–Crippen LogP) is 12.0. The third kappa shape index (κ3) is 5.52. The van der Waals surface area contributed by atoms with Gasteiger partial charge in [-0.25, -0.2) is 0 Å². The topological polar surface area (TPSA) is 0 Å². The minimum atomic E-state index is -1.43. The van der Waals surface area contributed by atoms with Crippen LogP contribution in [0.4, 0.5) is 0 Å². The van der Waals surface area contributed by atoms with Gasteiger partial charge in [0.15, 0.2) is 0 Å². The van der Waals surface area contributed by atoms with E-state index in [0.29, 0.717) is 10.8 Å². The Bertz CT molecular complexity index is 744. The van der Waals surface area contributed by atoms with Gasteiger partial charge in [0.25, 0.3) is 0 Å². The highest BCUT2D eigenvalue weighted by molar-refractivity contribution is 6.80. The van der Waals surface area contributed by atoms with Gasteiger partial charge in [0.05, 0.1) is 8.07 Å². The molecule has 0 saturated heterocycles. The van der Waals surface area contributed by atoms with Crippen molar-refractivity contribution in [3.05, 3.63) is 0 Å². The monoisotopic (exact) mass is 541 g/mol. The molecule has 0 aromatic carbocycles. The van der Waals surface area contributed by atoms with Crippen molar-refractivity contribution in [1.29, 1.82) is 0 Å². The van der Waals surface area contributed by atoms with Gasteiger partial charge in [-0.15, -0.1) is 0 Å². The van der Waals surface area contributed by atoms with Gasteiger partial charge in [0.2, 0.25) is 0 Å². The van der Waals surface area contributed by atoms with Crippen LogP contribution in [0.1, 0.15) is 145 Å². The average molecular weight is 541 g/mol. The Morgan fingerprint density at radius 1 is 0.579 bits per heavy atom. The molecule has 1 heteroatoms. The van der Waals surface area contributed by atoms with Crippen molar-refractivity contribution in [3.63, 3.8) is 0 Å². The van der Waals surface area contributed by atoms with Gasteiger partial charge >= 0.3 is 0 Å². The zero-order valence-corrected chi connectivity index (χ0v) is 28.5. The molecule has 5 rings (SSSR count). The van der Waals surface area contributed by atoms with Gasteiger partial charge in [-0.2, -0.15) is 0 Å². The van der Waals surface area contributed by atoms with E-state index >= 15 is 0 Å². The second-order valence-electron chi connectivity index (χ2n) is 18.5. The Kier molecular flexibility index (Phi) is 8.70. The highest BCUT2D eigenvalue weighted by Gasteiger charge is 2.62. The molecule has 0 heterocycles. The molecule has 0 aromatic rings. The van der Waals surface area contributed by atoms with Crippen LogP contribution < -0.4 is 0 Å². The molecule has 5 fully saturated rings. The lowest BCUT2D eigenvalue weighted by molar-refractivity contribution is 0.0722. The molecule has 10 unspecified atom stereocenters. The Hall–Kier alpha value is 0.217. The van der Waals surface area contributed by atoms with Crippen LogP contribution in [0.15, 0.2) is 0 Å². The van der Waals surface area contributed by atoms with Crippen LogP contribution in [0.2, 0.25) is 24.2 Å². The fraction of sp³-hybridized carbons (Fsp3) is 1.00. The minimum absolute atomic E-state index is 0.495. The Balaban J connectivity index is 1.46. The largest absolute Gasteiger partial charge is 0.0689 e. The molecule has 0 N–H and O–H groups in total. The van der Waals surface area contributed by atoms with Crippen LogP contribution in [0, 0.1) is 64.1 Å². The summed E-state index contributed by atoms with van der Waals surface area (Å²) in [7, 11) is -1.43. The van der Waals surface area contributed by atoms with Crippen LogP contribution >= 0.6 is 0 Å². The van der Waals surface area contributed by atoms with Gasteiger partial charge in [0.1, 0.15) is 0 Å². The Morgan fingerprint density at radius 2 is 1.11 bits per heavy atom. The van der Waals surface area contributed by atoms with Crippen molar-refractivity contribution in [2.75, 3.05) is 0 Å². The summed E-state index contributed by atoms with van der Waals surface area (Å²) in [5.41, 5.74) is 3.24. The number of hydrogen-bond acceptors (Lipinski definition) is 0. The number of hydrogen-bond donors (Lipinski definition) is 0. The normalized spacial score (nSPS) is 44.0.